The monoisotopic (exact) mass is 261 g/mol. The van der Waals surface area contributed by atoms with Gasteiger partial charge in [0.2, 0.25) is 5.91 Å². The van der Waals surface area contributed by atoms with Crippen molar-refractivity contribution < 1.29 is 18.3 Å². The van der Waals surface area contributed by atoms with E-state index in [-0.39, 0.29) is 17.5 Å². The van der Waals surface area contributed by atoms with Crippen molar-refractivity contribution in [3.8, 4) is 0 Å². The van der Waals surface area contributed by atoms with E-state index in [1.54, 1.807) is 0 Å². The third-order valence-corrected chi connectivity index (χ3v) is 2.77. The van der Waals surface area contributed by atoms with Gasteiger partial charge in [0.1, 0.15) is 5.69 Å². The molecular weight excluding hydrogens is 252 g/mol. The minimum absolute atomic E-state index is 0.0535. The molecule has 17 heavy (non-hydrogen) atoms. The molecule has 0 bridgehead atoms. The normalized spacial score (nSPS) is 19.4. The summed E-state index contributed by atoms with van der Waals surface area (Å²) in [5.74, 6) is -2.57. The Hall–Kier alpha value is -1.20. The zero-order valence-electron chi connectivity index (χ0n) is 8.80. The van der Waals surface area contributed by atoms with Crippen molar-refractivity contribution in [2.24, 2.45) is 5.92 Å². The van der Waals surface area contributed by atoms with Crippen molar-refractivity contribution in [1.29, 1.82) is 0 Å². The van der Waals surface area contributed by atoms with E-state index in [0.29, 0.717) is 13.0 Å². The summed E-state index contributed by atoms with van der Waals surface area (Å²) in [5, 5.41) is 2.17. The molecule has 1 saturated heterocycles. The maximum atomic E-state index is 13.4. The first-order valence-electron chi connectivity index (χ1n) is 5.11. The van der Waals surface area contributed by atoms with Crippen LogP contribution in [0.2, 0.25) is 5.02 Å². The van der Waals surface area contributed by atoms with Gasteiger partial charge in [-0.1, -0.05) is 11.6 Å². The first-order chi connectivity index (χ1) is 8.08. The van der Waals surface area contributed by atoms with Crippen LogP contribution in [0.3, 0.4) is 0 Å². The molecule has 0 saturated carbocycles. The van der Waals surface area contributed by atoms with Crippen LogP contribution < -0.4 is 5.32 Å². The Morgan fingerprint density at radius 2 is 2.06 bits per heavy atom. The lowest BCUT2D eigenvalue weighted by molar-refractivity contribution is -0.119. The first-order valence-corrected chi connectivity index (χ1v) is 5.49. The van der Waals surface area contributed by atoms with Crippen LogP contribution in [0.4, 0.5) is 14.5 Å². The second-order valence-electron chi connectivity index (χ2n) is 3.79. The van der Waals surface area contributed by atoms with E-state index in [9.17, 15) is 13.6 Å². The van der Waals surface area contributed by atoms with Crippen LogP contribution >= 0.6 is 11.6 Å². The molecule has 1 aromatic carbocycles. The highest BCUT2D eigenvalue weighted by atomic mass is 35.5. The molecule has 0 aromatic heterocycles. The molecule has 1 aliphatic heterocycles. The summed E-state index contributed by atoms with van der Waals surface area (Å²) < 4.78 is 31.8. The highest BCUT2D eigenvalue weighted by Crippen LogP contribution is 2.24. The van der Waals surface area contributed by atoms with Gasteiger partial charge in [-0.15, -0.1) is 0 Å². The van der Waals surface area contributed by atoms with Crippen molar-refractivity contribution in [2.45, 2.75) is 6.42 Å². The molecule has 92 valence electrons. The molecule has 3 nitrogen and oxygen atoms in total. The van der Waals surface area contributed by atoms with E-state index < -0.39 is 23.2 Å². The van der Waals surface area contributed by atoms with E-state index in [0.717, 1.165) is 12.1 Å². The Morgan fingerprint density at radius 1 is 1.41 bits per heavy atom. The summed E-state index contributed by atoms with van der Waals surface area (Å²) in [6.07, 6.45) is 0.558. The fourth-order valence-corrected chi connectivity index (χ4v) is 1.82. The third-order valence-electron chi connectivity index (χ3n) is 2.56. The summed E-state index contributed by atoms with van der Waals surface area (Å²) in [6, 6.07) is 1.90. The van der Waals surface area contributed by atoms with Crippen LogP contribution in [0.15, 0.2) is 12.1 Å². The van der Waals surface area contributed by atoms with Gasteiger partial charge in [0.05, 0.1) is 12.5 Å². The topological polar surface area (TPSA) is 38.3 Å². The zero-order chi connectivity index (χ0) is 12.4. The van der Waals surface area contributed by atoms with E-state index in [4.69, 9.17) is 16.3 Å². The lowest BCUT2D eigenvalue weighted by atomic mass is 10.1. The highest BCUT2D eigenvalue weighted by molar-refractivity contribution is 6.30. The predicted molar refractivity (Wildman–Crippen MR) is 58.9 cm³/mol. The number of carbonyl (C=O) groups excluding carboxylic acids is 1. The molecule has 0 radical (unpaired) electrons. The number of halogens is 3. The van der Waals surface area contributed by atoms with Crippen LogP contribution in [-0.4, -0.2) is 19.1 Å². The smallest absolute Gasteiger partial charge is 0.230 e. The Kier molecular flexibility index (Phi) is 3.59. The quantitative estimate of drug-likeness (QED) is 0.889. The van der Waals surface area contributed by atoms with Crippen molar-refractivity contribution >= 4 is 23.2 Å². The van der Waals surface area contributed by atoms with E-state index in [2.05, 4.69) is 5.32 Å². The maximum absolute atomic E-state index is 13.4. The van der Waals surface area contributed by atoms with Crippen LogP contribution in [0.25, 0.3) is 0 Å². The molecule has 1 aliphatic rings. The minimum Gasteiger partial charge on any atom is -0.381 e. The number of hydrogen-bond acceptors (Lipinski definition) is 2. The van der Waals surface area contributed by atoms with Gasteiger partial charge < -0.3 is 10.1 Å². The van der Waals surface area contributed by atoms with Gasteiger partial charge >= 0.3 is 0 Å². The molecular formula is C11H10ClF2NO2. The van der Waals surface area contributed by atoms with Crippen LogP contribution in [-0.2, 0) is 9.53 Å². The van der Waals surface area contributed by atoms with Crippen molar-refractivity contribution in [3.63, 3.8) is 0 Å². The van der Waals surface area contributed by atoms with Gasteiger partial charge in [0.15, 0.2) is 11.6 Å². The zero-order valence-corrected chi connectivity index (χ0v) is 9.56. The number of amides is 1. The van der Waals surface area contributed by atoms with Crippen molar-refractivity contribution in [3.05, 3.63) is 28.8 Å². The molecule has 1 heterocycles. The molecule has 1 aromatic rings. The van der Waals surface area contributed by atoms with Gasteiger partial charge in [-0.25, -0.2) is 8.78 Å². The van der Waals surface area contributed by atoms with Gasteiger partial charge in [0.25, 0.3) is 0 Å². The molecule has 1 amide bonds. The average molecular weight is 262 g/mol. The molecule has 1 N–H and O–H groups in total. The second-order valence-corrected chi connectivity index (χ2v) is 4.23. The molecule has 0 spiro atoms. The van der Waals surface area contributed by atoms with E-state index in [1.165, 1.54) is 0 Å². The number of ether oxygens (including phenoxy) is 1. The summed E-state index contributed by atoms with van der Waals surface area (Å²) in [7, 11) is 0. The van der Waals surface area contributed by atoms with Crippen LogP contribution in [0.5, 0.6) is 0 Å². The third kappa shape index (κ3) is 2.73. The molecule has 1 fully saturated rings. The summed E-state index contributed by atoms with van der Waals surface area (Å²) in [6.45, 7) is 0.770. The number of rotatable bonds is 2. The number of hydrogen-bond donors (Lipinski definition) is 1. The van der Waals surface area contributed by atoms with Gasteiger partial charge in [-0.05, 0) is 18.6 Å². The minimum atomic E-state index is -0.887. The molecule has 0 unspecified atom stereocenters. The van der Waals surface area contributed by atoms with Gasteiger partial charge in [-0.3, -0.25) is 4.79 Å². The lowest BCUT2D eigenvalue weighted by Crippen LogP contribution is -2.24. The predicted octanol–water partition coefficient (Wildman–Crippen LogP) is 2.59. The Morgan fingerprint density at radius 3 is 2.59 bits per heavy atom. The number of benzene rings is 1. The fourth-order valence-electron chi connectivity index (χ4n) is 1.63. The van der Waals surface area contributed by atoms with E-state index >= 15 is 0 Å². The largest absolute Gasteiger partial charge is 0.381 e. The number of carbonyl (C=O) groups is 1. The molecule has 2 rings (SSSR count). The first kappa shape index (κ1) is 12.3. The molecule has 6 heteroatoms. The summed E-state index contributed by atoms with van der Waals surface area (Å²) in [5.41, 5.74) is -0.466. The number of anilines is 1. The standard InChI is InChI=1S/C11H10ClF2NO2/c12-7-3-8(13)10(9(14)4-7)15-11(16)6-1-2-17-5-6/h3-4,6H,1-2,5H2,(H,15,16)/t6-/m0/s1. The maximum Gasteiger partial charge on any atom is 0.230 e. The van der Waals surface area contributed by atoms with Crippen LogP contribution in [0.1, 0.15) is 6.42 Å². The summed E-state index contributed by atoms with van der Waals surface area (Å²) >= 11 is 5.47. The van der Waals surface area contributed by atoms with Crippen molar-refractivity contribution in [2.75, 3.05) is 18.5 Å². The highest BCUT2D eigenvalue weighted by Gasteiger charge is 2.25. The van der Waals surface area contributed by atoms with Gasteiger partial charge in [-0.2, -0.15) is 0 Å². The Balaban J connectivity index is 2.15. The van der Waals surface area contributed by atoms with Crippen molar-refractivity contribution in [1.82, 2.24) is 0 Å². The number of nitrogens with one attached hydrogen (secondary N) is 1. The Labute approximate surface area is 102 Å². The summed E-state index contributed by atoms with van der Waals surface area (Å²) in [4.78, 5) is 11.6. The average Bonchev–Trinajstić information content (AvgIpc) is 2.76. The lowest BCUT2D eigenvalue weighted by Gasteiger charge is -2.11. The SMILES string of the molecule is O=C(Nc1c(F)cc(Cl)cc1F)[C@H]1CCOC1. The Bertz CT molecular complexity index is 424. The van der Waals surface area contributed by atoms with Crippen LogP contribution in [0, 0.1) is 17.6 Å². The second kappa shape index (κ2) is 4.98. The van der Waals surface area contributed by atoms with Gasteiger partial charge in [0, 0.05) is 11.6 Å². The van der Waals surface area contributed by atoms with E-state index in [1.807, 2.05) is 0 Å². The molecule has 0 aliphatic carbocycles. The molecule has 1 atom stereocenters. The fraction of sp³-hybridized carbons (Fsp3) is 0.364.